The Labute approximate surface area is 149 Å². The highest BCUT2D eigenvalue weighted by atomic mass is 79.9. The highest BCUT2D eigenvalue weighted by molar-refractivity contribution is 9.10. The third-order valence-corrected chi connectivity index (χ3v) is 5.39. The van der Waals surface area contributed by atoms with Gasteiger partial charge in [-0.25, -0.2) is 4.39 Å². The van der Waals surface area contributed by atoms with Gasteiger partial charge < -0.3 is 4.90 Å². The zero-order valence-corrected chi connectivity index (χ0v) is 14.9. The van der Waals surface area contributed by atoms with Crippen LogP contribution < -0.4 is 0 Å². The topological polar surface area (TPSA) is 20.3 Å². The lowest BCUT2D eigenvalue weighted by atomic mass is 10.1. The van der Waals surface area contributed by atoms with Gasteiger partial charge in [0.15, 0.2) is 0 Å². The van der Waals surface area contributed by atoms with Crippen LogP contribution in [-0.4, -0.2) is 16.8 Å². The van der Waals surface area contributed by atoms with Crippen molar-refractivity contribution in [2.45, 2.75) is 37.8 Å². The zero-order chi connectivity index (χ0) is 16.7. The summed E-state index contributed by atoms with van der Waals surface area (Å²) in [4.78, 5) is 15.0. The molecule has 0 heterocycles. The zero-order valence-electron chi connectivity index (χ0n) is 13.3. The minimum atomic E-state index is -0.223. The highest BCUT2D eigenvalue weighted by Crippen LogP contribution is 2.49. The third-order valence-electron chi connectivity index (χ3n) is 4.90. The lowest BCUT2D eigenvalue weighted by Crippen LogP contribution is -2.34. The summed E-state index contributed by atoms with van der Waals surface area (Å²) in [5.74, 6) is 0.196. The minimum Gasteiger partial charge on any atom is -0.335 e. The maximum atomic E-state index is 13.4. The van der Waals surface area contributed by atoms with E-state index in [2.05, 4.69) is 28.1 Å². The first kappa shape index (κ1) is 15.8. The van der Waals surface area contributed by atoms with Crippen LogP contribution in [0.1, 0.15) is 36.3 Å². The van der Waals surface area contributed by atoms with Crippen LogP contribution in [0, 0.1) is 11.7 Å². The van der Waals surface area contributed by atoms with Crippen LogP contribution in [0.5, 0.6) is 0 Å². The summed E-state index contributed by atoms with van der Waals surface area (Å²) in [6.45, 7) is 0.662. The van der Waals surface area contributed by atoms with Crippen LogP contribution in [0.4, 0.5) is 4.39 Å². The second kappa shape index (κ2) is 6.32. The van der Waals surface area contributed by atoms with Gasteiger partial charge in [0, 0.05) is 23.0 Å². The maximum absolute atomic E-state index is 13.4. The van der Waals surface area contributed by atoms with Gasteiger partial charge in [0.25, 0.3) is 0 Å². The number of hydrogen-bond donors (Lipinski definition) is 0. The summed E-state index contributed by atoms with van der Waals surface area (Å²) >= 11 is 3.49. The Hall–Kier alpha value is -1.68. The Morgan fingerprint density at radius 1 is 1.17 bits per heavy atom. The maximum Gasteiger partial charge on any atom is 0.226 e. The molecule has 2 aliphatic carbocycles. The molecule has 2 aromatic carbocycles. The molecule has 0 aromatic heterocycles. The molecule has 2 fully saturated rings. The van der Waals surface area contributed by atoms with E-state index in [-0.39, 0.29) is 23.6 Å². The van der Waals surface area contributed by atoms with E-state index in [9.17, 15) is 9.18 Å². The van der Waals surface area contributed by atoms with E-state index in [1.165, 1.54) is 6.07 Å². The van der Waals surface area contributed by atoms with Crippen molar-refractivity contribution in [3.8, 4) is 0 Å². The molecule has 0 spiro atoms. The van der Waals surface area contributed by atoms with Gasteiger partial charge in [-0.3, -0.25) is 4.79 Å². The predicted molar refractivity (Wildman–Crippen MR) is 95.0 cm³/mol. The molecule has 2 atom stereocenters. The molecule has 4 heteroatoms. The van der Waals surface area contributed by atoms with Crippen molar-refractivity contribution in [2.75, 3.05) is 0 Å². The fraction of sp³-hybridized carbons (Fsp3) is 0.350. The van der Waals surface area contributed by atoms with Gasteiger partial charge in [0.2, 0.25) is 5.91 Å². The number of carbonyl (C=O) groups excluding carboxylic acids is 1. The smallest absolute Gasteiger partial charge is 0.226 e. The Morgan fingerprint density at radius 3 is 2.67 bits per heavy atom. The van der Waals surface area contributed by atoms with Crippen molar-refractivity contribution in [3.63, 3.8) is 0 Å². The van der Waals surface area contributed by atoms with E-state index in [1.807, 2.05) is 23.1 Å². The lowest BCUT2D eigenvalue weighted by Gasteiger charge is -2.23. The minimum absolute atomic E-state index is 0.0135. The molecular weight excluding hydrogens is 369 g/mol. The van der Waals surface area contributed by atoms with E-state index in [4.69, 9.17) is 0 Å². The summed E-state index contributed by atoms with van der Waals surface area (Å²) in [5, 5.41) is 0. The number of hydrogen-bond acceptors (Lipinski definition) is 1. The summed E-state index contributed by atoms with van der Waals surface area (Å²) in [6, 6.07) is 15.2. The van der Waals surface area contributed by atoms with Crippen molar-refractivity contribution < 1.29 is 9.18 Å². The van der Waals surface area contributed by atoms with Crippen LogP contribution in [-0.2, 0) is 11.3 Å². The molecular formula is C20H19BrFNO. The van der Waals surface area contributed by atoms with Crippen LogP contribution in [0.15, 0.2) is 53.0 Å². The number of rotatable bonds is 5. The monoisotopic (exact) mass is 387 g/mol. The van der Waals surface area contributed by atoms with Crippen molar-refractivity contribution in [1.29, 1.82) is 0 Å². The van der Waals surface area contributed by atoms with Gasteiger partial charge in [0.1, 0.15) is 5.82 Å². The van der Waals surface area contributed by atoms with E-state index in [0.29, 0.717) is 12.6 Å². The number of benzene rings is 2. The Kier molecular flexibility index (Phi) is 4.17. The predicted octanol–water partition coefficient (Wildman–Crippen LogP) is 4.88. The summed E-state index contributed by atoms with van der Waals surface area (Å²) in [7, 11) is 0. The van der Waals surface area contributed by atoms with Crippen molar-refractivity contribution in [1.82, 2.24) is 4.90 Å². The van der Waals surface area contributed by atoms with Gasteiger partial charge in [0.05, 0.1) is 0 Å². The van der Waals surface area contributed by atoms with Crippen LogP contribution >= 0.6 is 15.9 Å². The molecule has 4 rings (SSSR count). The second-order valence-corrected chi connectivity index (χ2v) is 7.75. The van der Waals surface area contributed by atoms with Crippen LogP contribution in [0.3, 0.4) is 0 Å². The fourth-order valence-corrected chi connectivity index (χ4v) is 3.84. The molecule has 0 N–H and O–H groups in total. The SMILES string of the molecule is O=C([C@H]1C[C@H]1c1cccc(F)c1)N(Cc1cccc(Br)c1)C1CC1. The molecule has 2 aliphatic rings. The van der Waals surface area contributed by atoms with Gasteiger partial charge in [-0.1, -0.05) is 40.2 Å². The molecule has 24 heavy (non-hydrogen) atoms. The van der Waals surface area contributed by atoms with Crippen LogP contribution in [0.2, 0.25) is 0 Å². The Balaban J connectivity index is 1.48. The average Bonchev–Trinajstić information content (AvgIpc) is 3.46. The average molecular weight is 388 g/mol. The van der Waals surface area contributed by atoms with E-state index < -0.39 is 0 Å². The standard InChI is InChI=1S/C20H19BrFNO/c21-15-5-1-3-13(9-15)12-23(17-7-8-17)20(24)19-11-18(19)14-4-2-6-16(22)10-14/h1-6,9-10,17-19H,7-8,11-12H2/t18-,19-/m0/s1. The molecule has 2 saturated carbocycles. The van der Waals surface area contributed by atoms with Gasteiger partial charge in [-0.05, 0) is 60.6 Å². The number of halogens is 2. The van der Waals surface area contributed by atoms with E-state index >= 15 is 0 Å². The Bertz CT molecular complexity index is 774. The Morgan fingerprint density at radius 2 is 1.96 bits per heavy atom. The molecule has 2 aromatic rings. The normalized spacial score (nSPS) is 22.2. The second-order valence-electron chi connectivity index (χ2n) is 6.83. The molecule has 2 nitrogen and oxygen atoms in total. The van der Waals surface area contributed by atoms with Crippen LogP contribution in [0.25, 0.3) is 0 Å². The molecule has 0 unspecified atom stereocenters. The van der Waals surface area contributed by atoms with Gasteiger partial charge in [-0.2, -0.15) is 0 Å². The lowest BCUT2D eigenvalue weighted by molar-refractivity contribution is -0.133. The molecule has 1 amide bonds. The largest absolute Gasteiger partial charge is 0.335 e. The number of amides is 1. The van der Waals surface area contributed by atoms with Crippen molar-refractivity contribution in [2.24, 2.45) is 5.92 Å². The molecule has 0 saturated heterocycles. The van der Waals surface area contributed by atoms with Crippen molar-refractivity contribution >= 4 is 21.8 Å². The molecule has 124 valence electrons. The van der Waals surface area contributed by atoms with Gasteiger partial charge in [-0.15, -0.1) is 0 Å². The van der Waals surface area contributed by atoms with Crippen molar-refractivity contribution in [3.05, 3.63) is 69.9 Å². The quantitative estimate of drug-likeness (QED) is 0.715. The third kappa shape index (κ3) is 3.39. The first-order valence-electron chi connectivity index (χ1n) is 8.42. The first-order valence-corrected chi connectivity index (χ1v) is 9.21. The van der Waals surface area contributed by atoms with E-state index in [0.717, 1.165) is 34.9 Å². The number of carbonyl (C=O) groups is 1. The summed E-state index contributed by atoms with van der Waals surface area (Å²) in [6.07, 6.45) is 3.03. The number of nitrogens with zero attached hydrogens (tertiary/aromatic N) is 1. The first-order chi connectivity index (χ1) is 11.6. The fourth-order valence-electron chi connectivity index (χ4n) is 3.39. The molecule has 0 aliphatic heterocycles. The molecule has 0 radical (unpaired) electrons. The van der Waals surface area contributed by atoms with E-state index in [1.54, 1.807) is 12.1 Å². The van der Waals surface area contributed by atoms with Gasteiger partial charge >= 0.3 is 0 Å². The summed E-state index contributed by atoms with van der Waals surface area (Å²) in [5.41, 5.74) is 2.10. The summed E-state index contributed by atoms with van der Waals surface area (Å²) < 4.78 is 14.4. The molecule has 0 bridgehead atoms. The highest BCUT2D eigenvalue weighted by Gasteiger charge is 2.48.